The van der Waals surface area contributed by atoms with E-state index in [1.807, 2.05) is 13.8 Å². The molecule has 2 aromatic rings. The Kier molecular flexibility index (Phi) is 5.31. The topological polar surface area (TPSA) is 29.9 Å². The minimum absolute atomic E-state index is 0.327. The Morgan fingerprint density at radius 3 is 2.67 bits per heavy atom. The fourth-order valence-corrected chi connectivity index (χ4v) is 2.57. The van der Waals surface area contributed by atoms with Crippen molar-refractivity contribution in [3.05, 3.63) is 52.3 Å². The molecule has 0 fully saturated rings. The largest absolute Gasteiger partial charge is 0.305 e. The van der Waals surface area contributed by atoms with E-state index in [2.05, 4.69) is 10.4 Å². The second kappa shape index (κ2) is 7.00. The number of nitrogens with one attached hydrogen (secondary N) is 1. The first-order valence-corrected chi connectivity index (χ1v) is 7.35. The van der Waals surface area contributed by atoms with Crippen molar-refractivity contribution in [1.82, 2.24) is 15.1 Å². The van der Waals surface area contributed by atoms with Crippen molar-refractivity contribution < 1.29 is 8.78 Å². The monoisotopic (exact) mass is 313 g/mol. The molecule has 21 heavy (non-hydrogen) atoms. The molecule has 0 bridgehead atoms. The number of rotatable bonds is 6. The molecule has 0 amide bonds. The number of halogens is 3. The van der Waals surface area contributed by atoms with Crippen LogP contribution in [0.1, 0.15) is 37.6 Å². The SMILES string of the molecule is CCCn1ncc(Cl)c1C(NCC)c1ccc(F)c(F)c1. The summed E-state index contributed by atoms with van der Waals surface area (Å²) >= 11 is 6.24. The van der Waals surface area contributed by atoms with Crippen molar-refractivity contribution in [2.24, 2.45) is 0 Å². The van der Waals surface area contributed by atoms with E-state index in [-0.39, 0.29) is 6.04 Å². The van der Waals surface area contributed by atoms with Crippen LogP contribution in [-0.2, 0) is 6.54 Å². The fraction of sp³-hybridized carbons (Fsp3) is 0.400. The molecule has 1 unspecified atom stereocenters. The summed E-state index contributed by atoms with van der Waals surface area (Å²) in [7, 11) is 0. The number of aryl methyl sites for hydroxylation is 1. The maximum absolute atomic E-state index is 13.5. The van der Waals surface area contributed by atoms with Crippen LogP contribution in [0.25, 0.3) is 0 Å². The summed E-state index contributed by atoms with van der Waals surface area (Å²) in [5, 5.41) is 8.02. The van der Waals surface area contributed by atoms with Gasteiger partial charge in [-0.1, -0.05) is 31.5 Å². The van der Waals surface area contributed by atoms with E-state index in [1.54, 1.807) is 16.9 Å². The maximum atomic E-state index is 13.5. The first-order valence-electron chi connectivity index (χ1n) is 6.98. The molecule has 6 heteroatoms. The second-order valence-corrected chi connectivity index (χ2v) is 5.17. The van der Waals surface area contributed by atoms with E-state index in [4.69, 9.17) is 11.6 Å². The average molecular weight is 314 g/mol. The molecule has 0 saturated heterocycles. The van der Waals surface area contributed by atoms with E-state index >= 15 is 0 Å². The quantitative estimate of drug-likeness (QED) is 0.876. The van der Waals surface area contributed by atoms with Gasteiger partial charge < -0.3 is 5.32 Å². The van der Waals surface area contributed by atoms with E-state index in [1.165, 1.54) is 6.07 Å². The van der Waals surface area contributed by atoms with Gasteiger partial charge in [-0.15, -0.1) is 0 Å². The molecule has 1 aromatic carbocycles. The Bertz CT molecular complexity index is 613. The molecule has 114 valence electrons. The lowest BCUT2D eigenvalue weighted by Crippen LogP contribution is -2.25. The van der Waals surface area contributed by atoms with Crippen LogP contribution in [0.15, 0.2) is 24.4 Å². The average Bonchev–Trinajstić information content (AvgIpc) is 2.81. The Morgan fingerprint density at radius 1 is 1.29 bits per heavy atom. The van der Waals surface area contributed by atoms with Gasteiger partial charge in [-0.25, -0.2) is 8.78 Å². The van der Waals surface area contributed by atoms with Gasteiger partial charge in [-0.3, -0.25) is 4.68 Å². The van der Waals surface area contributed by atoms with Gasteiger partial charge in [0.2, 0.25) is 0 Å². The standard InChI is InChI=1S/C15H18ClF2N3/c1-3-7-21-15(11(16)9-20-21)14(19-4-2)10-5-6-12(17)13(18)8-10/h5-6,8-9,14,19H,3-4,7H2,1-2H3. The zero-order valence-corrected chi connectivity index (χ0v) is 12.8. The first kappa shape index (κ1) is 15.9. The molecule has 2 rings (SSSR count). The number of nitrogens with zero attached hydrogens (tertiary/aromatic N) is 2. The summed E-state index contributed by atoms with van der Waals surface area (Å²) in [5.74, 6) is -1.73. The minimum atomic E-state index is -0.868. The summed E-state index contributed by atoms with van der Waals surface area (Å²) in [6.07, 6.45) is 2.48. The lowest BCUT2D eigenvalue weighted by atomic mass is 10.0. The molecule has 0 saturated carbocycles. The van der Waals surface area contributed by atoms with Gasteiger partial charge >= 0.3 is 0 Å². The fourth-order valence-electron chi connectivity index (χ4n) is 2.32. The molecule has 1 aromatic heterocycles. The molecular formula is C15H18ClF2N3. The third-order valence-corrected chi connectivity index (χ3v) is 3.52. The molecule has 0 aliphatic rings. The van der Waals surface area contributed by atoms with Crippen molar-refractivity contribution in [3.63, 3.8) is 0 Å². The van der Waals surface area contributed by atoms with Gasteiger partial charge in [0, 0.05) is 6.54 Å². The number of benzene rings is 1. The van der Waals surface area contributed by atoms with E-state index in [0.717, 1.165) is 18.2 Å². The Labute approximate surface area is 127 Å². The van der Waals surface area contributed by atoms with Gasteiger partial charge in [0.05, 0.1) is 23.0 Å². The van der Waals surface area contributed by atoms with Crippen molar-refractivity contribution in [1.29, 1.82) is 0 Å². The van der Waals surface area contributed by atoms with E-state index < -0.39 is 11.6 Å². The van der Waals surface area contributed by atoms with Gasteiger partial charge in [0.1, 0.15) is 0 Å². The smallest absolute Gasteiger partial charge is 0.159 e. The van der Waals surface area contributed by atoms with Crippen molar-refractivity contribution in [3.8, 4) is 0 Å². The van der Waals surface area contributed by atoms with Crippen LogP contribution in [0.3, 0.4) is 0 Å². The highest BCUT2D eigenvalue weighted by atomic mass is 35.5. The number of hydrogen-bond donors (Lipinski definition) is 1. The summed E-state index contributed by atoms with van der Waals surface area (Å²) in [6, 6.07) is 3.56. The Balaban J connectivity index is 2.47. The third-order valence-electron chi connectivity index (χ3n) is 3.23. The minimum Gasteiger partial charge on any atom is -0.305 e. The van der Waals surface area contributed by atoms with Crippen molar-refractivity contribution in [2.45, 2.75) is 32.9 Å². The van der Waals surface area contributed by atoms with Gasteiger partial charge in [0.15, 0.2) is 11.6 Å². The lowest BCUT2D eigenvalue weighted by Gasteiger charge is -2.20. The van der Waals surface area contributed by atoms with Crippen LogP contribution in [0.2, 0.25) is 5.02 Å². The van der Waals surface area contributed by atoms with Gasteiger partial charge in [-0.2, -0.15) is 5.10 Å². The summed E-state index contributed by atoms with van der Waals surface area (Å²) in [5.41, 5.74) is 1.39. The second-order valence-electron chi connectivity index (χ2n) is 4.77. The van der Waals surface area contributed by atoms with Crippen LogP contribution in [0, 0.1) is 11.6 Å². The zero-order chi connectivity index (χ0) is 15.4. The lowest BCUT2D eigenvalue weighted by molar-refractivity contribution is 0.496. The Morgan fingerprint density at radius 2 is 2.05 bits per heavy atom. The van der Waals surface area contributed by atoms with Gasteiger partial charge in [-0.05, 0) is 30.7 Å². The van der Waals surface area contributed by atoms with Crippen LogP contribution in [0.4, 0.5) is 8.78 Å². The molecule has 1 heterocycles. The molecule has 1 atom stereocenters. The molecule has 1 N–H and O–H groups in total. The van der Waals surface area contributed by atoms with E-state index in [9.17, 15) is 8.78 Å². The Hall–Kier alpha value is -1.46. The molecule has 0 aliphatic carbocycles. The predicted octanol–water partition coefficient (Wildman–Crippen LogP) is 3.92. The van der Waals surface area contributed by atoms with Crippen LogP contribution < -0.4 is 5.32 Å². The van der Waals surface area contributed by atoms with Gasteiger partial charge in [0.25, 0.3) is 0 Å². The van der Waals surface area contributed by atoms with Crippen LogP contribution >= 0.6 is 11.6 Å². The summed E-state index contributed by atoms with van der Waals surface area (Å²) in [6.45, 7) is 5.37. The zero-order valence-electron chi connectivity index (χ0n) is 12.0. The number of aromatic nitrogens is 2. The molecule has 3 nitrogen and oxygen atoms in total. The highest BCUT2D eigenvalue weighted by Gasteiger charge is 2.22. The van der Waals surface area contributed by atoms with E-state index in [0.29, 0.717) is 23.7 Å². The highest BCUT2D eigenvalue weighted by Crippen LogP contribution is 2.29. The molecule has 0 spiro atoms. The summed E-state index contributed by atoms with van der Waals surface area (Å²) in [4.78, 5) is 0. The van der Waals surface area contributed by atoms with Crippen molar-refractivity contribution in [2.75, 3.05) is 6.54 Å². The molecule has 0 radical (unpaired) electrons. The van der Waals surface area contributed by atoms with Crippen LogP contribution in [0.5, 0.6) is 0 Å². The summed E-state index contributed by atoms with van der Waals surface area (Å²) < 4.78 is 28.4. The highest BCUT2D eigenvalue weighted by molar-refractivity contribution is 6.31. The molecular weight excluding hydrogens is 296 g/mol. The predicted molar refractivity (Wildman–Crippen MR) is 79.4 cm³/mol. The van der Waals surface area contributed by atoms with Crippen molar-refractivity contribution >= 4 is 11.6 Å². The normalized spacial score (nSPS) is 12.6. The first-order chi connectivity index (χ1) is 10.1. The van der Waals surface area contributed by atoms with Crippen LogP contribution in [-0.4, -0.2) is 16.3 Å². The molecule has 0 aliphatic heterocycles. The number of hydrogen-bond acceptors (Lipinski definition) is 2. The third kappa shape index (κ3) is 3.41. The maximum Gasteiger partial charge on any atom is 0.159 e.